The van der Waals surface area contributed by atoms with Crippen LogP contribution in [0.1, 0.15) is 27.4 Å². The maximum Gasteiger partial charge on any atom is 0.335 e. The maximum absolute atomic E-state index is 13.6. The third kappa shape index (κ3) is 3.01. The SMILES string of the molecule is N#CC(Cc1ccccc1F)c1ccc(C(=O)O)cc1. The first kappa shape index (κ1) is 13.8. The van der Waals surface area contributed by atoms with E-state index in [1.807, 2.05) is 0 Å². The molecule has 0 aliphatic heterocycles. The lowest BCUT2D eigenvalue weighted by Gasteiger charge is -2.10. The Morgan fingerprint density at radius 2 is 1.85 bits per heavy atom. The Balaban J connectivity index is 2.23. The van der Waals surface area contributed by atoms with E-state index >= 15 is 0 Å². The van der Waals surface area contributed by atoms with Crippen LogP contribution in [-0.2, 0) is 6.42 Å². The predicted molar refractivity (Wildman–Crippen MR) is 71.9 cm³/mol. The molecule has 0 heterocycles. The molecule has 0 aromatic heterocycles. The monoisotopic (exact) mass is 269 g/mol. The molecule has 2 rings (SSSR count). The van der Waals surface area contributed by atoms with Crippen molar-refractivity contribution in [2.75, 3.05) is 0 Å². The molecule has 0 fully saturated rings. The molecule has 0 spiro atoms. The van der Waals surface area contributed by atoms with Crippen LogP contribution in [0.25, 0.3) is 0 Å². The van der Waals surface area contributed by atoms with Crippen molar-refractivity contribution >= 4 is 5.97 Å². The van der Waals surface area contributed by atoms with Gasteiger partial charge in [-0.1, -0.05) is 30.3 Å². The average molecular weight is 269 g/mol. The predicted octanol–water partition coefficient (Wildman–Crippen LogP) is 3.37. The number of aromatic carboxylic acids is 1. The molecule has 0 radical (unpaired) electrons. The van der Waals surface area contributed by atoms with Gasteiger partial charge < -0.3 is 5.11 Å². The maximum atomic E-state index is 13.6. The molecular formula is C16H12FNO2. The number of halogens is 1. The van der Waals surface area contributed by atoms with E-state index in [0.717, 1.165) is 0 Å². The zero-order valence-electron chi connectivity index (χ0n) is 10.6. The van der Waals surface area contributed by atoms with Crippen molar-refractivity contribution in [1.29, 1.82) is 5.26 Å². The lowest BCUT2D eigenvalue weighted by Crippen LogP contribution is -2.03. The van der Waals surface area contributed by atoms with Crippen LogP contribution in [0.5, 0.6) is 0 Å². The topological polar surface area (TPSA) is 61.1 Å². The zero-order valence-corrected chi connectivity index (χ0v) is 10.6. The summed E-state index contributed by atoms with van der Waals surface area (Å²) >= 11 is 0. The Kier molecular flexibility index (Phi) is 4.11. The number of rotatable bonds is 4. The largest absolute Gasteiger partial charge is 0.478 e. The van der Waals surface area contributed by atoms with Gasteiger partial charge in [-0.15, -0.1) is 0 Å². The molecule has 4 heteroatoms. The summed E-state index contributed by atoms with van der Waals surface area (Å²) in [5.41, 5.74) is 1.32. The first-order valence-corrected chi connectivity index (χ1v) is 6.08. The van der Waals surface area contributed by atoms with Crippen LogP contribution in [-0.4, -0.2) is 11.1 Å². The van der Waals surface area contributed by atoms with Crippen LogP contribution >= 0.6 is 0 Å². The molecule has 0 saturated carbocycles. The average Bonchev–Trinajstić information content (AvgIpc) is 2.46. The molecule has 0 aliphatic rings. The van der Waals surface area contributed by atoms with Gasteiger partial charge >= 0.3 is 5.97 Å². The van der Waals surface area contributed by atoms with E-state index in [2.05, 4.69) is 6.07 Å². The molecule has 0 bridgehead atoms. The molecule has 20 heavy (non-hydrogen) atoms. The second-order valence-corrected chi connectivity index (χ2v) is 4.40. The van der Waals surface area contributed by atoms with Gasteiger partial charge in [0.25, 0.3) is 0 Å². The van der Waals surface area contributed by atoms with Gasteiger partial charge in [-0.2, -0.15) is 5.26 Å². The van der Waals surface area contributed by atoms with Crippen molar-refractivity contribution in [1.82, 2.24) is 0 Å². The van der Waals surface area contributed by atoms with Gasteiger partial charge in [-0.25, -0.2) is 9.18 Å². The first-order valence-electron chi connectivity index (χ1n) is 6.08. The highest BCUT2D eigenvalue weighted by atomic mass is 19.1. The summed E-state index contributed by atoms with van der Waals surface area (Å²) in [5, 5.41) is 18.0. The van der Waals surface area contributed by atoms with Crippen molar-refractivity contribution in [3.8, 4) is 6.07 Å². The number of nitrogens with zero attached hydrogens (tertiary/aromatic N) is 1. The fourth-order valence-corrected chi connectivity index (χ4v) is 1.98. The Morgan fingerprint density at radius 1 is 1.20 bits per heavy atom. The summed E-state index contributed by atoms with van der Waals surface area (Å²) in [6.45, 7) is 0. The Hall–Kier alpha value is -2.67. The van der Waals surface area contributed by atoms with Gasteiger partial charge in [0.05, 0.1) is 17.6 Å². The van der Waals surface area contributed by atoms with Crippen LogP contribution in [0.2, 0.25) is 0 Å². The van der Waals surface area contributed by atoms with Crippen molar-refractivity contribution in [2.45, 2.75) is 12.3 Å². The van der Waals surface area contributed by atoms with Crippen LogP contribution in [0.15, 0.2) is 48.5 Å². The number of hydrogen-bond acceptors (Lipinski definition) is 2. The van der Waals surface area contributed by atoms with E-state index in [9.17, 15) is 14.4 Å². The fraction of sp³-hybridized carbons (Fsp3) is 0.125. The highest BCUT2D eigenvalue weighted by Gasteiger charge is 2.14. The molecule has 1 N–H and O–H groups in total. The molecule has 1 unspecified atom stereocenters. The van der Waals surface area contributed by atoms with E-state index in [1.54, 1.807) is 30.3 Å². The summed E-state index contributed by atoms with van der Waals surface area (Å²) in [7, 11) is 0. The normalized spacial score (nSPS) is 11.6. The summed E-state index contributed by atoms with van der Waals surface area (Å²) in [4.78, 5) is 10.8. The van der Waals surface area contributed by atoms with Gasteiger partial charge in [-0.3, -0.25) is 0 Å². The minimum atomic E-state index is -1.01. The molecule has 0 amide bonds. The minimum absolute atomic E-state index is 0.163. The molecule has 0 saturated heterocycles. The van der Waals surface area contributed by atoms with Crippen LogP contribution in [0.4, 0.5) is 4.39 Å². The highest BCUT2D eigenvalue weighted by Crippen LogP contribution is 2.22. The third-order valence-electron chi connectivity index (χ3n) is 3.10. The Labute approximate surface area is 115 Å². The molecule has 2 aromatic carbocycles. The summed E-state index contributed by atoms with van der Waals surface area (Å²) in [6.07, 6.45) is 0.260. The molecule has 1 atom stereocenters. The van der Waals surface area contributed by atoms with Crippen molar-refractivity contribution in [3.05, 3.63) is 71.0 Å². The van der Waals surface area contributed by atoms with E-state index in [-0.39, 0.29) is 17.8 Å². The van der Waals surface area contributed by atoms with Gasteiger partial charge in [0.2, 0.25) is 0 Å². The van der Waals surface area contributed by atoms with E-state index < -0.39 is 11.9 Å². The number of hydrogen-bond donors (Lipinski definition) is 1. The van der Waals surface area contributed by atoms with Crippen molar-refractivity contribution in [2.24, 2.45) is 0 Å². The van der Waals surface area contributed by atoms with E-state index in [0.29, 0.717) is 11.1 Å². The molecule has 0 aliphatic carbocycles. The molecule has 100 valence electrons. The minimum Gasteiger partial charge on any atom is -0.478 e. The van der Waals surface area contributed by atoms with Gasteiger partial charge in [0.15, 0.2) is 0 Å². The van der Waals surface area contributed by atoms with E-state index in [4.69, 9.17) is 5.11 Å². The zero-order chi connectivity index (χ0) is 14.5. The van der Waals surface area contributed by atoms with Crippen molar-refractivity contribution in [3.63, 3.8) is 0 Å². The van der Waals surface area contributed by atoms with Gasteiger partial charge in [0, 0.05) is 0 Å². The lowest BCUT2D eigenvalue weighted by atomic mass is 9.92. The number of nitriles is 1. The standard InChI is InChI=1S/C16H12FNO2/c17-15-4-2-1-3-13(15)9-14(10-18)11-5-7-12(8-6-11)16(19)20/h1-8,14H,9H2,(H,19,20). The van der Waals surface area contributed by atoms with Crippen molar-refractivity contribution < 1.29 is 14.3 Å². The molecule has 3 nitrogen and oxygen atoms in total. The summed E-state index contributed by atoms with van der Waals surface area (Å²) in [5.74, 6) is -1.86. The Morgan fingerprint density at radius 3 is 2.40 bits per heavy atom. The number of carbonyl (C=O) groups is 1. The number of carboxylic acid groups (broad SMARTS) is 1. The highest BCUT2D eigenvalue weighted by molar-refractivity contribution is 5.87. The summed E-state index contributed by atoms with van der Waals surface area (Å²) < 4.78 is 13.6. The van der Waals surface area contributed by atoms with Crippen LogP contribution in [0.3, 0.4) is 0 Å². The van der Waals surface area contributed by atoms with E-state index in [1.165, 1.54) is 18.2 Å². The van der Waals surface area contributed by atoms with Crippen LogP contribution < -0.4 is 0 Å². The van der Waals surface area contributed by atoms with Gasteiger partial charge in [-0.05, 0) is 35.7 Å². The number of carboxylic acids is 1. The molecular weight excluding hydrogens is 257 g/mol. The number of benzene rings is 2. The smallest absolute Gasteiger partial charge is 0.335 e. The fourth-order valence-electron chi connectivity index (χ4n) is 1.98. The second-order valence-electron chi connectivity index (χ2n) is 4.40. The van der Waals surface area contributed by atoms with Gasteiger partial charge in [0.1, 0.15) is 5.82 Å². The quantitative estimate of drug-likeness (QED) is 0.925. The lowest BCUT2D eigenvalue weighted by molar-refractivity contribution is 0.0697. The first-order chi connectivity index (χ1) is 9.61. The second kappa shape index (κ2) is 5.98. The molecule has 2 aromatic rings. The third-order valence-corrected chi connectivity index (χ3v) is 3.10. The Bertz CT molecular complexity index is 659. The van der Waals surface area contributed by atoms with Crippen LogP contribution in [0, 0.1) is 17.1 Å². The summed E-state index contributed by atoms with van der Waals surface area (Å²) in [6, 6.07) is 14.5.